The first-order chi connectivity index (χ1) is 5.64. The van der Waals surface area contributed by atoms with Crippen LogP contribution >= 0.6 is 0 Å². The Morgan fingerprint density at radius 3 is 2.83 bits per heavy atom. The van der Waals surface area contributed by atoms with Gasteiger partial charge in [-0.3, -0.25) is 0 Å². The summed E-state index contributed by atoms with van der Waals surface area (Å²) in [6, 6.07) is 1.97. The fourth-order valence-corrected chi connectivity index (χ4v) is 0.831. The third-order valence-electron chi connectivity index (χ3n) is 1.80. The Morgan fingerprint density at radius 1 is 1.58 bits per heavy atom. The Labute approximate surface area is 72.8 Å². The molecule has 68 valence electrons. The molecule has 0 saturated heterocycles. The molecule has 0 bridgehead atoms. The van der Waals surface area contributed by atoms with E-state index in [9.17, 15) is 0 Å². The van der Waals surface area contributed by atoms with Gasteiger partial charge in [0.25, 0.3) is 0 Å². The van der Waals surface area contributed by atoms with Crippen LogP contribution in [0.4, 0.5) is 5.69 Å². The minimum atomic E-state index is -0.0583. The van der Waals surface area contributed by atoms with Gasteiger partial charge in [0, 0.05) is 31.0 Å². The number of nitrogens with one attached hydrogen (secondary N) is 2. The van der Waals surface area contributed by atoms with Crippen LogP contribution in [-0.4, -0.2) is 23.2 Å². The molecule has 0 saturated carbocycles. The number of rotatable bonds is 4. The van der Waals surface area contributed by atoms with Gasteiger partial charge in [-0.15, -0.1) is 0 Å². The lowest BCUT2D eigenvalue weighted by Gasteiger charge is -2.21. The largest absolute Gasteiger partial charge is 0.396 e. The highest BCUT2D eigenvalue weighted by Crippen LogP contribution is 2.14. The van der Waals surface area contributed by atoms with Crippen molar-refractivity contribution in [2.24, 2.45) is 5.41 Å². The highest BCUT2D eigenvalue weighted by atomic mass is 16.3. The van der Waals surface area contributed by atoms with Crippen molar-refractivity contribution >= 4 is 5.69 Å². The Kier molecular flexibility index (Phi) is 2.76. The third-order valence-corrected chi connectivity index (χ3v) is 1.80. The minimum Gasteiger partial charge on any atom is -0.396 e. The fourth-order valence-electron chi connectivity index (χ4n) is 0.831. The Morgan fingerprint density at radius 2 is 2.33 bits per heavy atom. The molecule has 0 aliphatic heterocycles. The zero-order chi connectivity index (χ0) is 9.03. The second-order valence-corrected chi connectivity index (χ2v) is 3.78. The van der Waals surface area contributed by atoms with Crippen LogP contribution in [0.15, 0.2) is 18.5 Å². The normalized spacial score (nSPS) is 11.6. The summed E-state index contributed by atoms with van der Waals surface area (Å²) in [6.07, 6.45) is 3.77. The van der Waals surface area contributed by atoms with Gasteiger partial charge in [0.05, 0.1) is 5.69 Å². The minimum absolute atomic E-state index is 0.0583. The summed E-state index contributed by atoms with van der Waals surface area (Å²) in [5, 5.41) is 12.2. The van der Waals surface area contributed by atoms with Gasteiger partial charge < -0.3 is 15.4 Å². The summed E-state index contributed by atoms with van der Waals surface area (Å²) < 4.78 is 0. The molecule has 3 N–H and O–H groups in total. The van der Waals surface area contributed by atoms with Crippen molar-refractivity contribution in [3.63, 3.8) is 0 Å². The summed E-state index contributed by atoms with van der Waals surface area (Å²) in [4.78, 5) is 2.96. The fraction of sp³-hybridized carbons (Fsp3) is 0.556. The standard InChI is InChI=1S/C9H16N2O/c1-9(2,7-12)6-11-8-3-4-10-5-8/h3-5,10-12H,6-7H2,1-2H3. The van der Waals surface area contributed by atoms with Gasteiger partial charge in [0.1, 0.15) is 0 Å². The molecular weight excluding hydrogens is 152 g/mol. The molecule has 0 aliphatic rings. The Bertz CT molecular complexity index is 216. The van der Waals surface area contributed by atoms with Crippen molar-refractivity contribution in [3.05, 3.63) is 18.5 Å². The number of hydrogen-bond donors (Lipinski definition) is 3. The summed E-state index contributed by atoms with van der Waals surface area (Å²) >= 11 is 0. The average molecular weight is 168 g/mol. The SMILES string of the molecule is CC(C)(CO)CNc1cc[nH]c1. The lowest BCUT2D eigenvalue weighted by Crippen LogP contribution is -2.26. The van der Waals surface area contributed by atoms with E-state index < -0.39 is 0 Å². The number of aromatic amines is 1. The van der Waals surface area contributed by atoms with Crippen LogP contribution in [0.3, 0.4) is 0 Å². The number of aliphatic hydroxyl groups is 1. The molecule has 0 radical (unpaired) electrons. The molecule has 1 aromatic heterocycles. The first-order valence-electron chi connectivity index (χ1n) is 4.11. The zero-order valence-electron chi connectivity index (χ0n) is 7.59. The smallest absolute Gasteiger partial charge is 0.0517 e. The Balaban J connectivity index is 2.36. The quantitative estimate of drug-likeness (QED) is 0.637. The molecule has 3 nitrogen and oxygen atoms in total. The van der Waals surface area contributed by atoms with E-state index in [4.69, 9.17) is 5.11 Å². The number of aliphatic hydroxyl groups excluding tert-OH is 1. The van der Waals surface area contributed by atoms with Gasteiger partial charge in [-0.25, -0.2) is 0 Å². The summed E-state index contributed by atoms with van der Waals surface area (Å²) in [7, 11) is 0. The summed E-state index contributed by atoms with van der Waals surface area (Å²) in [5.74, 6) is 0. The van der Waals surface area contributed by atoms with Crippen molar-refractivity contribution in [1.82, 2.24) is 4.98 Å². The van der Waals surface area contributed by atoms with Crippen LogP contribution in [0.1, 0.15) is 13.8 Å². The van der Waals surface area contributed by atoms with Gasteiger partial charge in [-0.05, 0) is 6.07 Å². The van der Waals surface area contributed by atoms with Crippen molar-refractivity contribution in [3.8, 4) is 0 Å². The molecule has 0 unspecified atom stereocenters. The number of hydrogen-bond acceptors (Lipinski definition) is 2. The van der Waals surface area contributed by atoms with Crippen LogP contribution in [0.5, 0.6) is 0 Å². The molecule has 0 amide bonds. The van der Waals surface area contributed by atoms with Crippen LogP contribution < -0.4 is 5.32 Å². The van der Waals surface area contributed by atoms with Crippen LogP contribution in [-0.2, 0) is 0 Å². The third kappa shape index (κ3) is 2.58. The molecule has 12 heavy (non-hydrogen) atoms. The second kappa shape index (κ2) is 3.63. The first-order valence-corrected chi connectivity index (χ1v) is 4.11. The number of anilines is 1. The van der Waals surface area contributed by atoms with Crippen molar-refractivity contribution in [2.75, 3.05) is 18.5 Å². The van der Waals surface area contributed by atoms with E-state index in [2.05, 4.69) is 10.3 Å². The van der Waals surface area contributed by atoms with E-state index >= 15 is 0 Å². The molecule has 1 aromatic rings. The van der Waals surface area contributed by atoms with E-state index in [1.54, 1.807) is 0 Å². The molecule has 1 rings (SSSR count). The Hall–Kier alpha value is -0.960. The van der Waals surface area contributed by atoms with E-state index in [-0.39, 0.29) is 12.0 Å². The predicted molar refractivity (Wildman–Crippen MR) is 50.1 cm³/mol. The highest BCUT2D eigenvalue weighted by Gasteiger charge is 2.15. The monoisotopic (exact) mass is 168 g/mol. The maximum atomic E-state index is 8.97. The van der Waals surface area contributed by atoms with Crippen LogP contribution in [0.2, 0.25) is 0 Å². The van der Waals surface area contributed by atoms with E-state index in [1.165, 1.54) is 0 Å². The molecule has 1 heterocycles. The average Bonchev–Trinajstić information content (AvgIpc) is 2.53. The van der Waals surface area contributed by atoms with Gasteiger partial charge >= 0.3 is 0 Å². The lowest BCUT2D eigenvalue weighted by atomic mass is 9.95. The van der Waals surface area contributed by atoms with E-state index in [0.29, 0.717) is 0 Å². The molecular formula is C9H16N2O. The van der Waals surface area contributed by atoms with E-state index in [1.807, 2.05) is 32.3 Å². The number of aromatic nitrogens is 1. The predicted octanol–water partition coefficient (Wildman–Crippen LogP) is 1.45. The van der Waals surface area contributed by atoms with Gasteiger partial charge in [0.15, 0.2) is 0 Å². The first kappa shape index (κ1) is 9.13. The topological polar surface area (TPSA) is 48.0 Å². The maximum Gasteiger partial charge on any atom is 0.0517 e. The number of H-pyrrole nitrogens is 1. The lowest BCUT2D eigenvalue weighted by molar-refractivity contribution is 0.171. The molecule has 0 aliphatic carbocycles. The van der Waals surface area contributed by atoms with Crippen LogP contribution in [0, 0.1) is 5.41 Å². The van der Waals surface area contributed by atoms with Gasteiger partial charge in [0.2, 0.25) is 0 Å². The van der Waals surface area contributed by atoms with Gasteiger partial charge in [-0.2, -0.15) is 0 Å². The summed E-state index contributed by atoms with van der Waals surface area (Å²) in [6.45, 7) is 5.02. The highest BCUT2D eigenvalue weighted by molar-refractivity contribution is 5.40. The second-order valence-electron chi connectivity index (χ2n) is 3.78. The van der Waals surface area contributed by atoms with Crippen LogP contribution in [0.25, 0.3) is 0 Å². The molecule has 0 fully saturated rings. The zero-order valence-corrected chi connectivity index (χ0v) is 7.59. The van der Waals surface area contributed by atoms with Gasteiger partial charge in [-0.1, -0.05) is 13.8 Å². The molecule has 0 aromatic carbocycles. The molecule has 0 atom stereocenters. The van der Waals surface area contributed by atoms with E-state index in [0.717, 1.165) is 12.2 Å². The molecule has 3 heteroatoms. The van der Waals surface area contributed by atoms with Crippen molar-refractivity contribution in [1.29, 1.82) is 0 Å². The van der Waals surface area contributed by atoms with Crippen molar-refractivity contribution in [2.45, 2.75) is 13.8 Å². The van der Waals surface area contributed by atoms with Crippen molar-refractivity contribution < 1.29 is 5.11 Å². The molecule has 0 spiro atoms. The maximum absolute atomic E-state index is 8.97. The summed E-state index contributed by atoms with van der Waals surface area (Å²) in [5.41, 5.74) is 1.01.